The first-order chi connectivity index (χ1) is 13.0. The van der Waals surface area contributed by atoms with Crippen molar-refractivity contribution < 1.29 is 14.3 Å². The molecule has 1 N–H and O–H groups in total. The van der Waals surface area contributed by atoms with Crippen LogP contribution in [0, 0.1) is 0 Å². The first kappa shape index (κ1) is 19.2. The van der Waals surface area contributed by atoms with E-state index < -0.39 is 12.0 Å². The maximum Gasteiger partial charge on any atom is 0.337 e. The van der Waals surface area contributed by atoms with Gasteiger partial charge in [-0.1, -0.05) is 29.8 Å². The summed E-state index contributed by atoms with van der Waals surface area (Å²) in [5.41, 5.74) is 2.70. The van der Waals surface area contributed by atoms with Gasteiger partial charge in [0.25, 0.3) is 0 Å². The van der Waals surface area contributed by atoms with E-state index in [0.29, 0.717) is 21.4 Å². The topological polar surface area (TPSA) is 50.8 Å². The third-order valence-corrected chi connectivity index (χ3v) is 5.08. The zero-order valence-corrected chi connectivity index (χ0v) is 16.7. The van der Waals surface area contributed by atoms with E-state index in [9.17, 15) is 4.79 Å². The summed E-state index contributed by atoms with van der Waals surface area (Å²) in [5, 5.41) is 4.24. The van der Waals surface area contributed by atoms with E-state index >= 15 is 0 Å². The van der Waals surface area contributed by atoms with E-state index in [1.165, 1.54) is 7.11 Å². The van der Waals surface area contributed by atoms with Crippen molar-refractivity contribution in [1.82, 2.24) is 5.32 Å². The van der Waals surface area contributed by atoms with E-state index in [2.05, 4.69) is 5.32 Å². The Kier molecular flexibility index (Phi) is 5.68. The molecule has 0 aliphatic carbocycles. The van der Waals surface area contributed by atoms with Crippen LogP contribution >= 0.6 is 23.8 Å². The molecule has 7 heteroatoms. The van der Waals surface area contributed by atoms with E-state index in [4.69, 9.17) is 33.3 Å². The van der Waals surface area contributed by atoms with Crippen molar-refractivity contribution in [3.8, 4) is 5.75 Å². The van der Waals surface area contributed by atoms with Gasteiger partial charge in [0.05, 0.1) is 25.8 Å². The van der Waals surface area contributed by atoms with Crippen LogP contribution in [-0.2, 0) is 9.53 Å². The summed E-state index contributed by atoms with van der Waals surface area (Å²) in [6.07, 6.45) is 0. The van der Waals surface area contributed by atoms with Crippen LogP contribution in [0.2, 0.25) is 5.02 Å². The standard InChI is InChI=1S/C20H19ClN2O3S/c1-12-17(19(24)26-3)18(15-6-4-5-7-16(15)21)22-20(27)23(12)13-8-10-14(25-2)11-9-13/h4-11,18H,1-3H3,(H,22,27). The number of carbonyl (C=O) groups is 1. The maximum atomic E-state index is 12.6. The Bertz CT molecular complexity index is 912. The van der Waals surface area contributed by atoms with Crippen LogP contribution in [0.3, 0.4) is 0 Å². The van der Waals surface area contributed by atoms with Gasteiger partial charge in [-0.3, -0.25) is 4.90 Å². The van der Waals surface area contributed by atoms with Gasteiger partial charge in [-0.25, -0.2) is 4.79 Å². The molecule has 2 aromatic rings. The molecule has 0 fully saturated rings. The van der Waals surface area contributed by atoms with Gasteiger partial charge < -0.3 is 14.8 Å². The number of benzene rings is 2. The van der Waals surface area contributed by atoms with E-state index in [1.807, 2.05) is 49.4 Å². The second kappa shape index (κ2) is 7.98. The smallest absolute Gasteiger partial charge is 0.337 e. The third-order valence-electron chi connectivity index (χ3n) is 4.44. The predicted molar refractivity (Wildman–Crippen MR) is 110 cm³/mol. The number of ether oxygens (including phenoxy) is 2. The van der Waals surface area contributed by atoms with Crippen molar-refractivity contribution in [1.29, 1.82) is 0 Å². The summed E-state index contributed by atoms with van der Waals surface area (Å²) in [7, 11) is 2.97. The number of nitrogens with one attached hydrogen (secondary N) is 1. The highest BCUT2D eigenvalue weighted by molar-refractivity contribution is 7.80. The largest absolute Gasteiger partial charge is 0.497 e. The monoisotopic (exact) mass is 402 g/mol. The molecule has 0 radical (unpaired) electrons. The zero-order valence-electron chi connectivity index (χ0n) is 15.2. The van der Waals surface area contributed by atoms with Crippen molar-refractivity contribution in [3.63, 3.8) is 0 Å². The lowest BCUT2D eigenvalue weighted by atomic mass is 9.94. The summed E-state index contributed by atoms with van der Waals surface area (Å²) in [5.74, 6) is 0.296. The van der Waals surface area contributed by atoms with Crippen LogP contribution in [0.15, 0.2) is 59.8 Å². The number of esters is 1. The molecule has 1 unspecified atom stereocenters. The minimum absolute atomic E-state index is 0.439. The lowest BCUT2D eigenvalue weighted by Crippen LogP contribution is -2.48. The SMILES string of the molecule is COC(=O)C1=C(C)N(c2ccc(OC)cc2)C(=S)NC1c1ccccc1Cl. The fraction of sp³-hybridized carbons (Fsp3) is 0.200. The van der Waals surface area contributed by atoms with Gasteiger partial charge in [0, 0.05) is 16.4 Å². The van der Waals surface area contributed by atoms with Gasteiger partial charge in [-0.15, -0.1) is 0 Å². The molecule has 3 rings (SSSR count). The minimum Gasteiger partial charge on any atom is -0.497 e. The molecule has 140 valence electrons. The predicted octanol–water partition coefficient (Wildman–Crippen LogP) is 4.23. The number of allylic oxidation sites excluding steroid dienone is 1. The van der Waals surface area contributed by atoms with Crippen LogP contribution in [0.25, 0.3) is 0 Å². The average Bonchev–Trinajstić information content (AvgIpc) is 2.68. The van der Waals surface area contributed by atoms with Crippen LogP contribution < -0.4 is 15.0 Å². The Morgan fingerprint density at radius 2 is 1.81 bits per heavy atom. The van der Waals surface area contributed by atoms with E-state index in [-0.39, 0.29) is 0 Å². The number of anilines is 1. The summed E-state index contributed by atoms with van der Waals surface area (Å²) in [6, 6.07) is 14.3. The van der Waals surface area contributed by atoms with Crippen LogP contribution in [0.1, 0.15) is 18.5 Å². The van der Waals surface area contributed by atoms with Gasteiger partial charge in [0.1, 0.15) is 5.75 Å². The van der Waals surface area contributed by atoms with E-state index in [1.54, 1.807) is 18.1 Å². The Hall–Kier alpha value is -2.57. The highest BCUT2D eigenvalue weighted by Crippen LogP contribution is 2.36. The van der Waals surface area contributed by atoms with Gasteiger partial charge >= 0.3 is 5.97 Å². The second-order valence-corrected chi connectivity index (χ2v) is 6.72. The Balaban J connectivity index is 2.13. The molecular weight excluding hydrogens is 384 g/mol. The number of carbonyl (C=O) groups excluding carboxylic acids is 1. The number of nitrogens with zero attached hydrogens (tertiary/aromatic N) is 1. The first-order valence-electron chi connectivity index (χ1n) is 8.26. The Morgan fingerprint density at radius 3 is 2.41 bits per heavy atom. The lowest BCUT2D eigenvalue weighted by molar-refractivity contribution is -0.136. The summed E-state index contributed by atoms with van der Waals surface area (Å²) in [4.78, 5) is 14.4. The molecule has 0 saturated heterocycles. The molecule has 1 heterocycles. The average molecular weight is 403 g/mol. The molecular formula is C20H19ClN2O3S. The van der Waals surface area contributed by atoms with Crippen molar-refractivity contribution in [2.24, 2.45) is 0 Å². The minimum atomic E-state index is -0.492. The van der Waals surface area contributed by atoms with Crippen LogP contribution in [-0.4, -0.2) is 25.3 Å². The molecule has 0 amide bonds. The first-order valence-corrected chi connectivity index (χ1v) is 9.04. The molecule has 27 heavy (non-hydrogen) atoms. The normalized spacial score (nSPS) is 16.8. The van der Waals surface area contributed by atoms with Crippen molar-refractivity contribution in [2.75, 3.05) is 19.1 Å². The molecule has 2 aromatic carbocycles. The molecule has 0 aromatic heterocycles. The van der Waals surface area contributed by atoms with Crippen molar-refractivity contribution >= 4 is 40.6 Å². The van der Waals surface area contributed by atoms with E-state index in [0.717, 1.165) is 17.0 Å². The quantitative estimate of drug-likeness (QED) is 0.610. The van der Waals surface area contributed by atoms with Crippen molar-refractivity contribution in [2.45, 2.75) is 13.0 Å². The summed E-state index contributed by atoms with van der Waals surface area (Å²) < 4.78 is 10.2. The number of methoxy groups -OCH3 is 2. The lowest BCUT2D eigenvalue weighted by Gasteiger charge is -2.37. The Morgan fingerprint density at radius 1 is 1.15 bits per heavy atom. The van der Waals surface area contributed by atoms with Crippen LogP contribution in [0.4, 0.5) is 5.69 Å². The summed E-state index contributed by atoms with van der Waals surface area (Å²) >= 11 is 12.0. The van der Waals surface area contributed by atoms with Gasteiger partial charge in [-0.05, 0) is 55.0 Å². The second-order valence-electron chi connectivity index (χ2n) is 5.93. The number of rotatable bonds is 4. The number of thiocarbonyl (C=S) groups is 1. The van der Waals surface area contributed by atoms with Gasteiger partial charge in [0.2, 0.25) is 0 Å². The third kappa shape index (κ3) is 3.63. The highest BCUT2D eigenvalue weighted by atomic mass is 35.5. The van der Waals surface area contributed by atoms with Gasteiger partial charge in [-0.2, -0.15) is 0 Å². The van der Waals surface area contributed by atoms with Crippen molar-refractivity contribution in [3.05, 3.63) is 70.4 Å². The Labute approximate surface area is 168 Å². The molecule has 0 spiro atoms. The maximum absolute atomic E-state index is 12.6. The van der Waals surface area contributed by atoms with Gasteiger partial charge in [0.15, 0.2) is 5.11 Å². The molecule has 1 aliphatic rings. The fourth-order valence-corrected chi connectivity index (χ4v) is 3.71. The molecule has 1 atom stereocenters. The molecule has 5 nitrogen and oxygen atoms in total. The summed E-state index contributed by atoms with van der Waals surface area (Å²) in [6.45, 7) is 1.84. The molecule has 0 saturated carbocycles. The number of halogens is 1. The highest BCUT2D eigenvalue weighted by Gasteiger charge is 2.36. The zero-order chi connectivity index (χ0) is 19.6. The number of hydrogen-bond donors (Lipinski definition) is 1. The number of hydrogen-bond acceptors (Lipinski definition) is 4. The molecule has 0 bridgehead atoms. The molecule has 1 aliphatic heterocycles. The van der Waals surface area contributed by atoms with Crippen LogP contribution in [0.5, 0.6) is 5.75 Å². The fourth-order valence-electron chi connectivity index (χ4n) is 3.10.